The molecule has 1 aliphatic heterocycles. The van der Waals surface area contributed by atoms with Crippen LogP contribution in [0.2, 0.25) is 0 Å². The summed E-state index contributed by atoms with van der Waals surface area (Å²) in [5, 5.41) is 0. The molecule has 2 aromatic rings. The standard InChI is InChI=1S/C18H19IN2/c19-16-9-11-17(12-10-16)20-18(15-7-3-1-4-8-15)21-13-5-2-6-14-21/h1,3-4,7-12H,2,5-6,13-14H2. The van der Waals surface area contributed by atoms with Gasteiger partial charge in [-0.1, -0.05) is 30.3 Å². The van der Waals surface area contributed by atoms with Gasteiger partial charge < -0.3 is 4.90 Å². The van der Waals surface area contributed by atoms with Crippen molar-refractivity contribution in [2.45, 2.75) is 19.3 Å². The summed E-state index contributed by atoms with van der Waals surface area (Å²) in [7, 11) is 0. The van der Waals surface area contributed by atoms with Gasteiger partial charge in [0.15, 0.2) is 0 Å². The molecule has 0 unspecified atom stereocenters. The Morgan fingerprint density at radius 3 is 2.19 bits per heavy atom. The van der Waals surface area contributed by atoms with E-state index in [9.17, 15) is 0 Å². The van der Waals surface area contributed by atoms with Crippen molar-refractivity contribution in [2.24, 2.45) is 4.99 Å². The van der Waals surface area contributed by atoms with E-state index in [0.717, 1.165) is 24.6 Å². The van der Waals surface area contributed by atoms with Crippen molar-refractivity contribution in [2.75, 3.05) is 13.1 Å². The van der Waals surface area contributed by atoms with Crippen molar-refractivity contribution in [3.8, 4) is 0 Å². The van der Waals surface area contributed by atoms with E-state index in [0.29, 0.717) is 0 Å². The molecule has 0 saturated carbocycles. The summed E-state index contributed by atoms with van der Waals surface area (Å²) >= 11 is 2.33. The highest BCUT2D eigenvalue weighted by Crippen LogP contribution is 2.20. The number of nitrogens with zero attached hydrogens (tertiary/aromatic N) is 2. The third-order valence-corrected chi connectivity index (χ3v) is 4.47. The summed E-state index contributed by atoms with van der Waals surface area (Å²) in [4.78, 5) is 7.36. The SMILES string of the molecule is Ic1ccc(N=C(c2ccccc2)N2CCCCC2)cc1. The molecule has 0 atom stereocenters. The molecule has 2 nitrogen and oxygen atoms in total. The van der Waals surface area contributed by atoms with Crippen molar-refractivity contribution in [1.82, 2.24) is 4.90 Å². The molecular weight excluding hydrogens is 371 g/mol. The zero-order chi connectivity index (χ0) is 14.5. The third kappa shape index (κ3) is 3.84. The maximum Gasteiger partial charge on any atom is 0.136 e. The first-order valence-corrected chi connectivity index (χ1v) is 8.55. The van der Waals surface area contributed by atoms with Crippen molar-refractivity contribution >= 4 is 34.1 Å². The van der Waals surface area contributed by atoms with Crippen molar-refractivity contribution < 1.29 is 0 Å². The Morgan fingerprint density at radius 2 is 1.52 bits per heavy atom. The van der Waals surface area contributed by atoms with Gasteiger partial charge in [-0.25, -0.2) is 4.99 Å². The van der Waals surface area contributed by atoms with Crippen LogP contribution in [0, 0.1) is 3.57 Å². The zero-order valence-corrected chi connectivity index (χ0v) is 14.2. The van der Waals surface area contributed by atoms with Gasteiger partial charge in [-0.05, 0) is 66.1 Å². The van der Waals surface area contributed by atoms with E-state index in [4.69, 9.17) is 4.99 Å². The Kier molecular flexibility index (Phi) is 4.91. The molecule has 1 heterocycles. The number of hydrogen-bond acceptors (Lipinski definition) is 1. The second kappa shape index (κ2) is 7.07. The van der Waals surface area contributed by atoms with Gasteiger partial charge in [0.05, 0.1) is 5.69 Å². The maximum absolute atomic E-state index is 4.93. The molecule has 1 saturated heterocycles. The predicted molar refractivity (Wildman–Crippen MR) is 97.2 cm³/mol. The van der Waals surface area contributed by atoms with Crippen LogP contribution in [0.3, 0.4) is 0 Å². The van der Waals surface area contributed by atoms with Crippen molar-refractivity contribution in [1.29, 1.82) is 0 Å². The van der Waals surface area contributed by atoms with E-state index in [1.54, 1.807) is 0 Å². The Hall–Kier alpha value is -1.36. The molecule has 0 amide bonds. The van der Waals surface area contributed by atoms with Gasteiger partial charge >= 0.3 is 0 Å². The normalized spacial score (nSPS) is 16.0. The quantitative estimate of drug-likeness (QED) is 0.407. The lowest BCUT2D eigenvalue weighted by Gasteiger charge is -2.30. The molecule has 0 aromatic heterocycles. The second-order valence-corrected chi connectivity index (χ2v) is 6.57. The van der Waals surface area contributed by atoms with Crippen LogP contribution in [0.15, 0.2) is 59.6 Å². The van der Waals surface area contributed by atoms with Crippen LogP contribution in [-0.4, -0.2) is 23.8 Å². The van der Waals surface area contributed by atoms with Gasteiger partial charge in [0.1, 0.15) is 5.84 Å². The van der Waals surface area contributed by atoms with Gasteiger partial charge in [0.2, 0.25) is 0 Å². The molecule has 0 radical (unpaired) electrons. The molecule has 1 fully saturated rings. The highest BCUT2D eigenvalue weighted by Gasteiger charge is 2.16. The fourth-order valence-electron chi connectivity index (χ4n) is 2.65. The summed E-state index contributed by atoms with van der Waals surface area (Å²) < 4.78 is 1.24. The van der Waals surface area contributed by atoms with Gasteiger partial charge in [-0.2, -0.15) is 0 Å². The van der Waals surface area contributed by atoms with Crippen LogP contribution in [-0.2, 0) is 0 Å². The van der Waals surface area contributed by atoms with Crippen LogP contribution in [0.1, 0.15) is 24.8 Å². The highest BCUT2D eigenvalue weighted by molar-refractivity contribution is 14.1. The highest BCUT2D eigenvalue weighted by atomic mass is 127. The van der Waals surface area contributed by atoms with Crippen LogP contribution in [0.5, 0.6) is 0 Å². The zero-order valence-electron chi connectivity index (χ0n) is 12.0. The van der Waals surface area contributed by atoms with Gasteiger partial charge in [0, 0.05) is 22.2 Å². The first-order valence-electron chi connectivity index (χ1n) is 7.47. The number of rotatable bonds is 2. The van der Waals surface area contributed by atoms with Gasteiger partial charge in [-0.3, -0.25) is 0 Å². The first kappa shape index (κ1) is 14.6. The van der Waals surface area contributed by atoms with Crippen LogP contribution < -0.4 is 0 Å². The summed E-state index contributed by atoms with van der Waals surface area (Å²) in [5.74, 6) is 1.11. The average Bonchev–Trinajstić information content (AvgIpc) is 2.56. The maximum atomic E-state index is 4.93. The Labute approximate surface area is 140 Å². The molecule has 0 spiro atoms. The Balaban J connectivity index is 1.96. The fraction of sp³-hybridized carbons (Fsp3) is 0.278. The van der Waals surface area contributed by atoms with Crippen LogP contribution >= 0.6 is 22.6 Å². The Bertz CT molecular complexity index is 599. The number of amidine groups is 1. The minimum Gasteiger partial charge on any atom is -0.356 e. The van der Waals surface area contributed by atoms with Crippen molar-refractivity contribution in [3.63, 3.8) is 0 Å². The predicted octanol–water partition coefficient (Wildman–Crippen LogP) is 4.86. The van der Waals surface area contributed by atoms with Crippen molar-refractivity contribution in [3.05, 3.63) is 63.7 Å². The molecule has 108 valence electrons. The summed E-state index contributed by atoms with van der Waals surface area (Å²) in [6.45, 7) is 2.22. The number of halogens is 1. The first-order chi connectivity index (χ1) is 10.3. The van der Waals surface area contributed by atoms with Gasteiger partial charge in [0.25, 0.3) is 0 Å². The minimum absolute atomic E-state index is 1.03. The molecule has 3 heteroatoms. The van der Waals surface area contributed by atoms with Crippen LogP contribution in [0.4, 0.5) is 5.69 Å². The minimum atomic E-state index is 1.03. The van der Waals surface area contributed by atoms with E-state index in [2.05, 4.69) is 82.1 Å². The van der Waals surface area contributed by atoms with Gasteiger partial charge in [-0.15, -0.1) is 0 Å². The second-order valence-electron chi connectivity index (χ2n) is 5.33. The monoisotopic (exact) mass is 390 g/mol. The number of benzene rings is 2. The molecule has 0 N–H and O–H groups in total. The number of piperidine rings is 1. The lowest BCUT2D eigenvalue weighted by molar-refractivity contribution is 0.343. The van der Waals surface area contributed by atoms with E-state index >= 15 is 0 Å². The Morgan fingerprint density at radius 1 is 0.857 bits per heavy atom. The molecule has 2 aromatic carbocycles. The number of hydrogen-bond donors (Lipinski definition) is 0. The van der Waals surface area contributed by atoms with E-state index in [1.165, 1.54) is 28.4 Å². The molecule has 21 heavy (non-hydrogen) atoms. The molecule has 3 rings (SSSR count). The summed E-state index contributed by atoms with van der Waals surface area (Å²) in [6, 6.07) is 18.9. The van der Waals surface area contributed by atoms with E-state index in [-0.39, 0.29) is 0 Å². The smallest absolute Gasteiger partial charge is 0.136 e. The molecule has 0 aliphatic carbocycles. The van der Waals surface area contributed by atoms with E-state index < -0.39 is 0 Å². The lowest BCUT2D eigenvalue weighted by Crippen LogP contribution is -2.36. The number of aliphatic imine (C=N–C) groups is 1. The average molecular weight is 390 g/mol. The lowest BCUT2D eigenvalue weighted by atomic mass is 10.1. The topological polar surface area (TPSA) is 15.6 Å². The van der Waals surface area contributed by atoms with Crippen LogP contribution in [0.25, 0.3) is 0 Å². The summed E-state index contributed by atoms with van der Waals surface area (Å²) in [5.41, 5.74) is 2.23. The molecular formula is C18H19IN2. The molecule has 0 bridgehead atoms. The fourth-order valence-corrected chi connectivity index (χ4v) is 3.01. The summed E-state index contributed by atoms with van der Waals surface area (Å²) in [6.07, 6.45) is 3.86. The largest absolute Gasteiger partial charge is 0.356 e. The van der Waals surface area contributed by atoms with E-state index in [1.807, 2.05) is 0 Å². The third-order valence-electron chi connectivity index (χ3n) is 3.75. The number of likely N-dealkylation sites (tertiary alicyclic amines) is 1. The molecule has 1 aliphatic rings.